The van der Waals surface area contributed by atoms with Crippen LogP contribution in [-0.2, 0) is 4.79 Å². The molecule has 1 aliphatic heterocycles. The molecule has 4 unspecified atom stereocenters. The van der Waals surface area contributed by atoms with Gasteiger partial charge in [0.25, 0.3) is 0 Å². The molecule has 0 aromatic heterocycles. The summed E-state index contributed by atoms with van der Waals surface area (Å²) >= 11 is 0. The van der Waals surface area contributed by atoms with E-state index >= 15 is 0 Å². The van der Waals surface area contributed by atoms with E-state index in [2.05, 4.69) is 17.1 Å². The van der Waals surface area contributed by atoms with Gasteiger partial charge >= 0.3 is 0 Å². The van der Waals surface area contributed by atoms with Crippen molar-refractivity contribution in [1.82, 2.24) is 10.2 Å². The van der Waals surface area contributed by atoms with Crippen molar-refractivity contribution in [3.8, 4) is 0 Å². The van der Waals surface area contributed by atoms with Crippen molar-refractivity contribution in [2.24, 2.45) is 17.8 Å². The summed E-state index contributed by atoms with van der Waals surface area (Å²) in [7, 11) is 0. The fraction of sp³-hybridized carbons (Fsp3) is 0.929. The van der Waals surface area contributed by atoms with Crippen molar-refractivity contribution in [1.29, 1.82) is 0 Å². The minimum atomic E-state index is 0.384. The number of carbonyl (C=O) groups excluding carboxylic acids is 1. The van der Waals surface area contributed by atoms with Crippen LogP contribution in [-0.4, -0.2) is 36.5 Å². The van der Waals surface area contributed by atoms with E-state index in [1.807, 2.05) is 0 Å². The molecule has 0 aromatic carbocycles. The molecule has 3 nitrogen and oxygen atoms in total. The van der Waals surface area contributed by atoms with Gasteiger partial charge in [0.2, 0.25) is 5.91 Å². The Hall–Kier alpha value is -0.570. The Morgan fingerprint density at radius 3 is 2.88 bits per heavy atom. The molecule has 96 valence electrons. The normalized spacial score (nSPS) is 40.9. The molecular formula is C14H24N2O. The number of nitrogens with one attached hydrogen (secondary N) is 1. The predicted octanol–water partition coefficient (Wildman–Crippen LogP) is 1.63. The molecular weight excluding hydrogens is 212 g/mol. The fourth-order valence-corrected chi connectivity index (χ4v) is 4.18. The van der Waals surface area contributed by atoms with E-state index in [-0.39, 0.29) is 0 Å². The standard InChI is InChI=1S/C14H24N2O/c1-10-9-15-4-5-16(10)14(17)8-13-7-11-2-3-12(13)6-11/h10-13,15H,2-9H2,1H3. The topological polar surface area (TPSA) is 32.3 Å². The molecule has 3 heteroatoms. The molecule has 1 heterocycles. The zero-order chi connectivity index (χ0) is 11.8. The number of amides is 1. The SMILES string of the molecule is CC1CNCCN1C(=O)CC1CC2CCC1C2. The van der Waals surface area contributed by atoms with Crippen LogP contribution in [0.2, 0.25) is 0 Å². The molecule has 0 spiro atoms. The van der Waals surface area contributed by atoms with Gasteiger partial charge in [0.1, 0.15) is 0 Å². The first kappa shape index (κ1) is 11.5. The lowest BCUT2D eigenvalue weighted by atomic mass is 9.86. The van der Waals surface area contributed by atoms with E-state index in [0.29, 0.717) is 17.9 Å². The summed E-state index contributed by atoms with van der Waals surface area (Å²) in [5, 5.41) is 3.35. The minimum Gasteiger partial charge on any atom is -0.337 e. The Bertz CT molecular complexity index is 305. The highest BCUT2D eigenvalue weighted by Gasteiger charge is 2.41. The number of carbonyl (C=O) groups is 1. The van der Waals surface area contributed by atoms with Crippen molar-refractivity contribution in [2.45, 2.75) is 45.1 Å². The zero-order valence-corrected chi connectivity index (χ0v) is 10.8. The summed E-state index contributed by atoms with van der Waals surface area (Å²) in [6.07, 6.45) is 6.39. The average molecular weight is 236 g/mol. The molecule has 3 aliphatic rings. The Morgan fingerprint density at radius 1 is 1.35 bits per heavy atom. The lowest BCUT2D eigenvalue weighted by molar-refractivity contribution is -0.135. The van der Waals surface area contributed by atoms with E-state index in [1.165, 1.54) is 25.7 Å². The maximum atomic E-state index is 12.3. The number of hydrogen-bond donors (Lipinski definition) is 1. The third-order valence-electron chi connectivity index (χ3n) is 5.14. The molecule has 2 bridgehead atoms. The number of nitrogens with zero attached hydrogens (tertiary/aromatic N) is 1. The highest BCUT2D eigenvalue weighted by Crippen LogP contribution is 2.49. The molecule has 0 radical (unpaired) electrons. The predicted molar refractivity (Wildman–Crippen MR) is 67.6 cm³/mol. The van der Waals surface area contributed by atoms with Crippen LogP contribution in [0.5, 0.6) is 0 Å². The Morgan fingerprint density at radius 2 is 2.24 bits per heavy atom. The van der Waals surface area contributed by atoms with Crippen molar-refractivity contribution >= 4 is 5.91 Å². The van der Waals surface area contributed by atoms with Gasteiger partial charge in [0.15, 0.2) is 0 Å². The summed E-state index contributed by atoms with van der Waals surface area (Å²) in [6, 6.07) is 0.384. The molecule has 3 rings (SSSR count). The molecule has 1 amide bonds. The van der Waals surface area contributed by atoms with E-state index in [9.17, 15) is 4.79 Å². The van der Waals surface area contributed by atoms with Gasteiger partial charge in [-0.05, 0) is 43.9 Å². The van der Waals surface area contributed by atoms with Crippen LogP contribution in [0.3, 0.4) is 0 Å². The van der Waals surface area contributed by atoms with E-state index in [1.54, 1.807) is 0 Å². The first-order chi connectivity index (χ1) is 8.24. The summed E-state index contributed by atoms with van der Waals surface area (Å²) in [6.45, 7) is 4.99. The Kier molecular flexibility index (Phi) is 3.12. The average Bonchev–Trinajstić information content (AvgIpc) is 2.91. The summed E-state index contributed by atoms with van der Waals surface area (Å²) in [4.78, 5) is 14.4. The van der Waals surface area contributed by atoms with Crippen LogP contribution >= 0.6 is 0 Å². The second-order valence-electron chi connectivity index (χ2n) is 6.28. The van der Waals surface area contributed by atoms with Gasteiger partial charge in [-0.2, -0.15) is 0 Å². The van der Waals surface area contributed by atoms with Crippen LogP contribution in [0.15, 0.2) is 0 Å². The molecule has 3 fully saturated rings. The van der Waals surface area contributed by atoms with E-state index in [4.69, 9.17) is 0 Å². The molecule has 1 N–H and O–H groups in total. The van der Waals surface area contributed by atoms with Crippen molar-refractivity contribution in [3.05, 3.63) is 0 Å². The second kappa shape index (κ2) is 4.60. The monoisotopic (exact) mass is 236 g/mol. The highest BCUT2D eigenvalue weighted by molar-refractivity contribution is 5.77. The molecule has 17 heavy (non-hydrogen) atoms. The van der Waals surface area contributed by atoms with Gasteiger partial charge < -0.3 is 10.2 Å². The van der Waals surface area contributed by atoms with Crippen LogP contribution in [0.25, 0.3) is 0 Å². The van der Waals surface area contributed by atoms with Gasteiger partial charge in [-0.25, -0.2) is 0 Å². The quantitative estimate of drug-likeness (QED) is 0.790. The molecule has 2 aliphatic carbocycles. The molecule has 4 atom stereocenters. The zero-order valence-electron chi connectivity index (χ0n) is 10.8. The molecule has 0 aromatic rings. The third kappa shape index (κ3) is 2.22. The number of hydrogen-bond acceptors (Lipinski definition) is 2. The summed E-state index contributed by atoms with van der Waals surface area (Å²) in [5.74, 6) is 2.96. The smallest absolute Gasteiger partial charge is 0.223 e. The fourth-order valence-electron chi connectivity index (χ4n) is 4.18. The van der Waals surface area contributed by atoms with Gasteiger partial charge in [-0.15, -0.1) is 0 Å². The first-order valence-electron chi connectivity index (χ1n) is 7.24. The van der Waals surface area contributed by atoms with E-state index < -0.39 is 0 Å². The highest BCUT2D eigenvalue weighted by atomic mass is 16.2. The maximum Gasteiger partial charge on any atom is 0.223 e. The lowest BCUT2D eigenvalue weighted by Gasteiger charge is -2.35. The van der Waals surface area contributed by atoms with Gasteiger partial charge in [-0.1, -0.05) is 6.42 Å². The molecule has 2 saturated carbocycles. The van der Waals surface area contributed by atoms with Gasteiger partial charge in [0.05, 0.1) is 0 Å². The Labute approximate surface area is 104 Å². The largest absolute Gasteiger partial charge is 0.337 e. The Balaban J connectivity index is 1.56. The molecule has 1 saturated heterocycles. The maximum absolute atomic E-state index is 12.3. The number of piperazine rings is 1. The summed E-state index contributed by atoms with van der Waals surface area (Å²) in [5.41, 5.74) is 0. The van der Waals surface area contributed by atoms with Crippen molar-refractivity contribution < 1.29 is 4.79 Å². The van der Waals surface area contributed by atoms with Crippen molar-refractivity contribution in [3.63, 3.8) is 0 Å². The number of rotatable bonds is 2. The minimum absolute atomic E-state index is 0.384. The van der Waals surface area contributed by atoms with Gasteiger partial charge in [-0.3, -0.25) is 4.79 Å². The van der Waals surface area contributed by atoms with Crippen LogP contribution in [0.1, 0.15) is 39.0 Å². The third-order valence-corrected chi connectivity index (χ3v) is 5.14. The van der Waals surface area contributed by atoms with Gasteiger partial charge in [0, 0.05) is 32.1 Å². The van der Waals surface area contributed by atoms with Crippen LogP contribution in [0.4, 0.5) is 0 Å². The lowest BCUT2D eigenvalue weighted by Crippen LogP contribution is -2.52. The van der Waals surface area contributed by atoms with Crippen LogP contribution < -0.4 is 5.32 Å². The van der Waals surface area contributed by atoms with Crippen molar-refractivity contribution in [2.75, 3.05) is 19.6 Å². The second-order valence-corrected chi connectivity index (χ2v) is 6.28. The summed E-state index contributed by atoms with van der Waals surface area (Å²) < 4.78 is 0. The van der Waals surface area contributed by atoms with Crippen LogP contribution in [0, 0.1) is 17.8 Å². The van der Waals surface area contributed by atoms with E-state index in [0.717, 1.165) is 37.9 Å². The number of fused-ring (bicyclic) bond motifs is 2. The first-order valence-corrected chi connectivity index (χ1v) is 7.24.